The van der Waals surface area contributed by atoms with Crippen molar-refractivity contribution < 1.29 is 23.9 Å². The van der Waals surface area contributed by atoms with Crippen LogP contribution in [0.3, 0.4) is 0 Å². The summed E-state index contributed by atoms with van der Waals surface area (Å²) >= 11 is 0. The zero-order valence-electron chi connectivity index (χ0n) is 18.5. The van der Waals surface area contributed by atoms with Crippen molar-refractivity contribution in [2.24, 2.45) is 5.92 Å². The maximum Gasteiger partial charge on any atom is 0.312 e. The predicted molar refractivity (Wildman–Crippen MR) is 118 cm³/mol. The number of benzene rings is 2. The van der Waals surface area contributed by atoms with Gasteiger partial charge in [-0.1, -0.05) is 24.3 Å². The molecule has 1 N–H and O–H groups in total. The van der Waals surface area contributed by atoms with E-state index in [1.54, 1.807) is 11.0 Å². The minimum atomic E-state index is -0.982. The third-order valence-electron chi connectivity index (χ3n) is 5.48. The molecule has 2 aromatic carbocycles. The van der Waals surface area contributed by atoms with E-state index >= 15 is 0 Å². The van der Waals surface area contributed by atoms with Crippen molar-refractivity contribution in [1.29, 1.82) is 0 Å². The Bertz CT molecular complexity index is 997. The first-order valence-corrected chi connectivity index (χ1v) is 10.2. The van der Waals surface area contributed by atoms with E-state index in [1.807, 2.05) is 51.1 Å². The molecule has 0 aromatic heterocycles. The molecule has 1 aliphatic heterocycles. The van der Waals surface area contributed by atoms with Crippen LogP contribution in [0.4, 0.5) is 11.4 Å². The van der Waals surface area contributed by atoms with Gasteiger partial charge in [0.05, 0.1) is 18.7 Å². The van der Waals surface area contributed by atoms with Crippen molar-refractivity contribution in [1.82, 2.24) is 0 Å². The van der Waals surface area contributed by atoms with Gasteiger partial charge in [0.25, 0.3) is 5.91 Å². The largest absolute Gasteiger partial charge is 0.495 e. The van der Waals surface area contributed by atoms with Crippen LogP contribution in [0.25, 0.3) is 0 Å². The Balaban J connectivity index is 1.65. The van der Waals surface area contributed by atoms with Gasteiger partial charge in [0.1, 0.15) is 5.75 Å². The first-order valence-electron chi connectivity index (χ1n) is 10.2. The molecule has 7 heteroatoms. The average molecular weight is 424 g/mol. The number of nitrogens with one attached hydrogen (secondary N) is 1. The molecule has 1 saturated heterocycles. The third-order valence-corrected chi connectivity index (χ3v) is 5.48. The Morgan fingerprint density at radius 3 is 2.45 bits per heavy atom. The lowest BCUT2D eigenvalue weighted by Crippen LogP contribution is -2.33. The molecular formula is C24H28N2O5. The molecule has 3 rings (SSSR count). The Labute approximate surface area is 182 Å². The molecule has 2 amide bonds. The topological polar surface area (TPSA) is 84.9 Å². The van der Waals surface area contributed by atoms with Gasteiger partial charge in [-0.3, -0.25) is 14.4 Å². The van der Waals surface area contributed by atoms with Crippen LogP contribution in [0.15, 0.2) is 36.4 Å². The molecule has 0 spiro atoms. The summed E-state index contributed by atoms with van der Waals surface area (Å²) in [5, 5.41) is 2.83. The van der Waals surface area contributed by atoms with Crippen LogP contribution in [0.2, 0.25) is 0 Å². The van der Waals surface area contributed by atoms with E-state index in [4.69, 9.17) is 9.47 Å². The number of carbonyl (C=O) groups is 3. The number of nitrogens with zero attached hydrogens (tertiary/aromatic N) is 1. The van der Waals surface area contributed by atoms with Crippen LogP contribution in [0.5, 0.6) is 5.75 Å². The van der Waals surface area contributed by atoms with Crippen LogP contribution in [-0.4, -0.2) is 37.5 Å². The van der Waals surface area contributed by atoms with Gasteiger partial charge in [-0.25, -0.2) is 0 Å². The Kier molecular flexibility index (Phi) is 6.63. The zero-order valence-corrected chi connectivity index (χ0v) is 18.5. The molecule has 2 aromatic rings. The van der Waals surface area contributed by atoms with E-state index in [2.05, 4.69) is 5.32 Å². The van der Waals surface area contributed by atoms with Gasteiger partial charge >= 0.3 is 5.97 Å². The SMILES string of the molecule is COc1ccc(C)cc1N1C[C@@H](C(=O)O[C@@H](C)C(=O)Nc2c(C)cccc2C)CC1=O. The summed E-state index contributed by atoms with van der Waals surface area (Å²) in [6.07, 6.45) is -0.953. The number of para-hydroxylation sites is 1. The highest BCUT2D eigenvalue weighted by Gasteiger charge is 2.38. The number of ether oxygens (including phenoxy) is 2. The molecule has 2 atom stereocenters. The number of esters is 1. The van der Waals surface area contributed by atoms with Crippen molar-refractivity contribution >= 4 is 29.2 Å². The van der Waals surface area contributed by atoms with E-state index in [9.17, 15) is 14.4 Å². The van der Waals surface area contributed by atoms with Crippen LogP contribution >= 0.6 is 0 Å². The first-order chi connectivity index (χ1) is 14.7. The molecule has 164 valence electrons. The van der Waals surface area contributed by atoms with Gasteiger partial charge in [0.15, 0.2) is 6.10 Å². The zero-order chi connectivity index (χ0) is 22.7. The van der Waals surface area contributed by atoms with Crippen LogP contribution in [0.1, 0.15) is 30.0 Å². The van der Waals surface area contributed by atoms with Crippen molar-refractivity contribution in [3.05, 3.63) is 53.1 Å². The fourth-order valence-corrected chi connectivity index (χ4v) is 3.67. The van der Waals surface area contributed by atoms with Crippen molar-refractivity contribution in [3.63, 3.8) is 0 Å². The second-order valence-corrected chi connectivity index (χ2v) is 7.92. The first kappa shape index (κ1) is 22.3. The summed E-state index contributed by atoms with van der Waals surface area (Å²) in [6.45, 7) is 7.43. The lowest BCUT2D eigenvalue weighted by Gasteiger charge is -2.20. The quantitative estimate of drug-likeness (QED) is 0.717. The lowest BCUT2D eigenvalue weighted by atomic mass is 10.1. The Morgan fingerprint density at radius 1 is 1.13 bits per heavy atom. The second kappa shape index (κ2) is 9.20. The molecule has 0 bridgehead atoms. The normalized spacial score (nSPS) is 16.7. The van der Waals surface area contributed by atoms with Crippen molar-refractivity contribution in [3.8, 4) is 5.75 Å². The van der Waals surface area contributed by atoms with Gasteiger partial charge in [-0.05, 0) is 56.5 Å². The molecule has 1 heterocycles. The number of hydrogen-bond acceptors (Lipinski definition) is 5. The number of carbonyl (C=O) groups excluding carboxylic acids is 3. The number of rotatable bonds is 6. The molecule has 0 unspecified atom stereocenters. The number of methoxy groups -OCH3 is 1. The summed E-state index contributed by atoms with van der Waals surface area (Å²) in [6, 6.07) is 11.3. The molecule has 1 aliphatic rings. The standard InChI is InChI=1S/C24H28N2O5/c1-14-9-10-20(30-5)19(11-14)26-13-18(12-21(26)27)24(29)31-17(4)23(28)25-22-15(2)7-6-8-16(22)3/h6-11,17-18H,12-13H2,1-5H3,(H,25,28)/t17-,18-/m0/s1. The Morgan fingerprint density at radius 2 is 1.81 bits per heavy atom. The number of aryl methyl sites for hydroxylation is 3. The van der Waals surface area contributed by atoms with Gasteiger partial charge in [0.2, 0.25) is 5.91 Å². The minimum absolute atomic E-state index is 0.0289. The highest BCUT2D eigenvalue weighted by Crippen LogP contribution is 2.34. The smallest absolute Gasteiger partial charge is 0.312 e. The predicted octanol–water partition coefficient (Wildman–Crippen LogP) is 3.54. The molecule has 7 nitrogen and oxygen atoms in total. The molecule has 1 fully saturated rings. The van der Waals surface area contributed by atoms with E-state index in [-0.39, 0.29) is 18.9 Å². The number of hydrogen-bond donors (Lipinski definition) is 1. The van der Waals surface area contributed by atoms with Crippen LogP contribution in [0, 0.1) is 26.7 Å². The third kappa shape index (κ3) is 4.87. The van der Waals surface area contributed by atoms with Gasteiger partial charge < -0.3 is 19.7 Å². The average Bonchev–Trinajstić information content (AvgIpc) is 3.12. The summed E-state index contributed by atoms with van der Waals surface area (Å²) < 4.78 is 10.8. The molecule has 0 aliphatic carbocycles. The summed E-state index contributed by atoms with van der Waals surface area (Å²) in [7, 11) is 1.54. The minimum Gasteiger partial charge on any atom is -0.495 e. The maximum atomic E-state index is 12.7. The van der Waals surface area contributed by atoms with Crippen molar-refractivity contribution in [2.75, 3.05) is 23.9 Å². The highest BCUT2D eigenvalue weighted by atomic mass is 16.5. The molecule has 0 saturated carbocycles. The van der Waals surface area contributed by atoms with Gasteiger partial charge in [0, 0.05) is 18.7 Å². The maximum absolute atomic E-state index is 12.7. The number of amides is 2. The summed E-state index contributed by atoms with van der Waals surface area (Å²) in [4.78, 5) is 39.4. The monoisotopic (exact) mass is 424 g/mol. The highest BCUT2D eigenvalue weighted by molar-refractivity contribution is 6.01. The second-order valence-electron chi connectivity index (χ2n) is 7.92. The fraction of sp³-hybridized carbons (Fsp3) is 0.375. The molecular weight excluding hydrogens is 396 g/mol. The van der Waals surface area contributed by atoms with Crippen LogP contribution < -0.4 is 15.0 Å². The molecule has 31 heavy (non-hydrogen) atoms. The van der Waals surface area contributed by atoms with E-state index in [0.717, 1.165) is 16.7 Å². The summed E-state index contributed by atoms with van der Waals surface area (Å²) in [5.41, 5.74) is 4.17. The fourth-order valence-electron chi connectivity index (χ4n) is 3.67. The van der Waals surface area contributed by atoms with E-state index in [0.29, 0.717) is 17.1 Å². The van der Waals surface area contributed by atoms with E-state index < -0.39 is 23.9 Å². The summed E-state index contributed by atoms with van der Waals surface area (Å²) in [5.74, 6) is -1.24. The van der Waals surface area contributed by atoms with E-state index in [1.165, 1.54) is 14.0 Å². The van der Waals surface area contributed by atoms with Gasteiger partial charge in [-0.2, -0.15) is 0 Å². The lowest BCUT2D eigenvalue weighted by molar-refractivity contribution is -0.157. The van der Waals surface area contributed by atoms with Gasteiger partial charge in [-0.15, -0.1) is 0 Å². The molecule has 0 radical (unpaired) electrons. The Hall–Kier alpha value is -3.35. The number of anilines is 2. The van der Waals surface area contributed by atoms with Crippen molar-refractivity contribution in [2.45, 2.75) is 40.2 Å². The van der Waals surface area contributed by atoms with Crippen LogP contribution in [-0.2, 0) is 19.1 Å².